The molecule has 0 radical (unpaired) electrons. The number of halogens is 3. The second-order valence-corrected chi connectivity index (χ2v) is 7.20. The number of carbonyl (C=O) groups is 1. The Balaban J connectivity index is 2.05. The van der Waals surface area contributed by atoms with Gasteiger partial charge in [0.1, 0.15) is 0 Å². The Bertz CT molecular complexity index is 835. The largest absolute Gasteiger partial charge is 0.396 e. The number of aryl methyl sites for hydroxylation is 1. The highest BCUT2D eigenvalue weighted by Gasteiger charge is 2.13. The molecule has 0 bridgehead atoms. The van der Waals surface area contributed by atoms with Crippen LogP contribution >= 0.6 is 46.6 Å². The van der Waals surface area contributed by atoms with Crippen LogP contribution in [0.15, 0.2) is 22.1 Å². The van der Waals surface area contributed by atoms with Crippen molar-refractivity contribution in [2.24, 2.45) is 0 Å². The van der Waals surface area contributed by atoms with Gasteiger partial charge in [-0.1, -0.05) is 46.6 Å². The number of aromatic amines is 1. The number of amides is 1. The van der Waals surface area contributed by atoms with E-state index in [9.17, 15) is 9.59 Å². The second-order valence-electron chi connectivity index (χ2n) is 4.99. The molecule has 1 aromatic carbocycles. The number of aliphatic hydroxyl groups excluding tert-OH is 1. The molecule has 0 aliphatic rings. The second kappa shape index (κ2) is 8.91. The van der Waals surface area contributed by atoms with Crippen molar-refractivity contribution >= 4 is 58.2 Å². The van der Waals surface area contributed by atoms with Gasteiger partial charge < -0.3 is 15.4 Å². The third-order valence-electron chi connectivity index (χ3n) is 3.17. The molecule has 1 aromatic heterocycles. The van der Waals surface area contributed by atoms with Crippen LogP contribution in [0.25, 0.3) is 0 Å². The molecule has 1 heterocycles. The molecular formula is C15H14Cl3N3O3S. The molecule has 134 valence electrons. The molecule has 0 saturated heterocycles. The zero-order chi connectivity index (χ0) is 18.6. The third-order valence-corrected chi connectivity index (χ3v) is 4.86. The molecule has 10 heteroatoms. The summed E-state index contributed by atoms with van der Waals surface area (Å²) in [5.74, 6) is -0.368. The van der Waals surface area contributed by atoms with Crippen molar-refractivity contribution in [3.05, 3.63) is 48.8 Å². The first-order valence-corrected chi connectivity index (χ1v) is 9.21. The number of anilines is 1. The van der Waals surface area contributed by atoms with Crippen LogP contribution in [0, 0.1) is 6.92 Å². The van der Waals surface area contributed by atoms with E-state index in [0.29, 0.717) is 21.4 Å². The van der Waals surface area contributed by atoms with E-state index in [1.54, 1.807) is 6.92 Å². The van der Waals surface area contributed by atoms with E-state index < -0.39 is 0 Å². The summed E-state index contributed by atoms with van der Waals surface area (Å²) in [6, 6.07) is 2.94. The van der Waals surface area contributed by atoms with Crippen molar-refractivity contribution in [2.45, 2.75) is 18.5 Å². The predicted octanol–water partition coefficient (Wildman–Crippen LogP) is 3.30. The summed E-state index contributed by atoms with van der Waals surface area (Å²) in [6.07, 6.45) is 0.229. The number of rotatable bonds is 6. The van der Waals surface area contributed by atoms with E-state index in [2.05, 4.69) is 15.3 Å². The molecule has 6 nitrogen and oxygen atoms in total. The molecule has 2 rings (SSSR count). The monoisotopic (exact) mass is 421 g/mol. The maximum atomic E-state index is 12.1. The van der Waals surface area contributed by atoms with Gasteiger partial charge in [0.25, 0.3) is 5.56 Å². The fourth-order valence-corrected chi connectivity index (χ4v) is 3.65. The lowest BCUT2D eigenvalue weighted by Gasteiger charge is -2.10. The number of thioether (sulfide) groups is 1. The highest BCUT2D eigenvalue weighted by Crippen LogP contribution is 2.33. The normalized spacial score (nSPS) is 10.8. The highest BCUT2D eigenvalue weighted by molar-refractivity contribution is 7.99. The molecular weight excluding hydrogens is 409 g/mol. The molecule has 0 fully saturated rings. The van der Waals surface area contributed by atoms with Crippen LogP contribution in [0.2, 0.25) is 15.1 Å². The standard InChI is InChI=1S/C15H14Cl3N3O3S/c1-7-9(2-3-22)14(24)21-15(19-7)25-6-12(23)20-13-10(17)4-8(16)5-11(13)18/h4-5,22H,2-3,6H2,1H3,(H,20,23)(H,19,21,24). The van der Waals surface area contributed by atoms with Crippen molar-refractivity contribution in [1.82, 2.24) is 9.97 Å². The van der Waals surface area contributed by atoms with E-state index in [4.69, 9.17) is 39.9 Å². The van der Waals surface area contributed by atoms with Gasteiger partial charge in [-0.05, 0) is 19.1 Å². The van der Waals surface area contributed by atoms with Gasteiger partial charge in [0.2, 0.25) is 5.91 Å². The number of aromatic nitrogens is 2. The Morgan fingerprint density at radius 1 is 1.32 bits per heavy atom. The van der Waals surface area contributed by atoms with Gasteiger partial charge in [0.05, 0.1) is 21.5 Å². The number of carbonyl (C=O) groups excluding carboxylic acids is 1. The third kappa shape index (κ3) is 5.36. The van der Waals surface area contributed by atoms with Gasteiger partial charge in [-0.2, -0.15) is 0 Å². The molecule has 2 aromatic rings. The number of hydrogen-bond acceptors (Lipinski definition) is 5. The minimum absolute atomic E-state index is 0.00297. The van der Waals surface area contributed by atoms with Gasteiger partial charge in [-0.25, -0.2) is 4.98 Å². The summed E-state index contributed by atoms with van der Waals surface area (Å²) in [7, 11) is 0. The molecule has 3 N–H and O–H groups in total. The van der Waals surface area contributed by atoms with Crippen molar-refractivity contribution in [3.63, 3.8) is 0 Å². The smallest absolute Gasteiger partial charge is 0.255 e. The first-order valence-electron chi connectivity index (χ1n) is 7.09. The summed E-state index contributed by atoms with van der Waals surface area (Å²) >= 11 is 18.9. The molecule has 0 unspecified atom stereocenters. The lowest BCUT2D eigenvalue weighted by atomic mass is 10.2. The average molecular weight is 423 g/mol. The number of aliphatic hydroxyl groups is 1. The molecule has 0 saturated carbocycles. The van der Waals surface area contributed by atoms with Crippen LogP contribution in [-0.4, -0.2) is 33.3 Å². The minimum Gasteiger partial charge on any atom is -0.396 e. The Labute approximate surface area is 162 Å². The van der Waals surface area contributed by atoms with E-state index in [1.807, 2.05) is 0 Å². The SMILES string of the molecule is Cc1nc(SCC(=O)Nc2c(Cl)cc(Cl)cc2Cl)[nH]c(=O)c1CCO. The first kappa shape index (κ1) is 20.1. The lowest BCUT2D eigenvalue weighted by molar-refractivity contribution is -0.113. The summed E-state index contributed by atoms with van der Waals surface area (Å²) < 4.78 is 0. The zero-order valence-corrected chi connectivity index (χ0v) is 16.1. The zero-order valence-electron chi connectivity index (χ0n) is 13.0. The van der Waals surface area contributed by atoms with E-state index >= 15 is 0 Å². The summed E-state index contributed by atoms with van der Waals surface area (Å²) in [5, 5.41) is 12.7. The van der Waals surface area contributed by atoms with Gasteiger partial charge in [-0.15, -0.1) is 0 Å². The number of H-pyrrole nitrogens is 1. The van der Waals surface area contributed by atoms with Crippen LogP contribution in [0.4, 0.5) is 5.69 Å². The van der Waals surface area contributed by atoms with Crippen molar-refractivity contribution in [3.8, 4) is 0 Å². The molecule has 1 amide bonds. The molecule has 0 aliphatic heterocycles. The van der Waals surface area contributed by atoms with Gasteiger partial charge in [0, 0.05) is 29.3 Å². The number of benzene rings is 1. The quantitative estimate of drug-likeness (QED) is 0.490. The Hall–Kier alpha value is -1.25. The van der Waals surface area contributed by atoms with Gasteiger partial charge in [-0.3, -0.25) is 9.59 Å². The van der Waals surface area contributed by atoms with Crippen molar-refractivity contribution in [2.75, 3.05) is 17.7 Å². The van der Waals surface area contributed by atoms with E-state index in [1.165, 1.54) is 12.1 Å². The van der Waals surface area contributed by atoms with E-state index in [-0.39, 0.29) is 46.0 Å². The van der Waals surface area contributed by atoms with E-state index in [0.717, 1.165) is 11.8 Å². The fourth-order valence-electron chi connectivity index (χ4n) is 2.03. The molecule has 25 heavy (non-hydrogen) atoms. The maximum absolute atomic E-state index is 12.1. The number of nitrogens with zero attached hydrogens (tertiary/aromatic N) is 1. The maximum Gasteiger partial charge on any atom is 0.255 e. The number of hydrogen-bond donors (Lipinski definition) is 3. The topological polar surface area (TPSA) is 95.1 Å². The van der Waals surface area contributed by atoms with Gasteiger partial charge >= 0.3 is 0 Å². The Morgan fingerprint density at radius 2 is 1.96 bits per heavy atom. The predicted molar refractivity (Wildman–Crippen MR) is 101 cm³/mol. The van der Waals surface area contributed by atoms with Gasteiger partial charge in [0.15, 0.2) is 5.16 Å². The highest BCUT2D eigenvalue weighted by atomic mass is 35.5. The Morgan fingerprint density at radius 3 is 2.52 bits per heavy atom. The van der Waals surface area contributed by atoms with Crippen molar-refractivity contribution in [1.29, 1.82) is 0 Å². The summed E-state index contributed by atoms with van der Waals surface area (Å²) in [5.41, 5.74) is 0.892. The Kier molecular flexibility index (Phi) is 7.15. The van der Waals surface area contributed by atoms with Crippen LogP contribution in [-0.2, 0) is 11.2 Å². The van der Waals surface area contributed by atoms with Crippen molar-refractivity contribution < 1.29 is 9.90 Å². The van der Waals surface area contributed by atoms with Crippen LogP contribution in [0.5, 0.6) is 0 Å². The lowest BCUT2D eigenvalue weighted by Crippen LogP contribution is -2.19. The summed E-state index contributed by atoms with van der Waals surface area (Å²) in [4.78, 5) is 30.8. The van der Waals surface area contributed by atoms with Crippen LogP contribution in [0.3, 0.4) is 0 Å². The minimum atomic E-state index is -0.365. The first-order chi connectivity index (χ1) is 11.8. The summed E-state index contributed by atoms with van der Waals surface area (Å²) in [6.45, 7) is 1.54. The van der Waals surface area contributed by atoms with Crippen LogP contribution < -0.4 is 10.9 Å². The van der Waals surface area contributed by atoms with Crippen LogP contribution in [0.1, 0.15) is 11.3 Å². The molecule has 0 aliphatic carbocycles. The fraction of sp³-hybridized carbons (Fsp3) is 0.267. The number of nitrogens with one attached hydrogen (secondary N) is 2. The average Bonchev–Trinajstić information content (AvgIpc) is 2.52. The molecule has 0 spiro atoms. The molecule has 0 atom stereocenters.